The second kappa shape index (κ2) is 4.74. The van der Waals surface area contributed by atoms with E-state index in [0.29, 0.717) is 5.75 Å². The van der Waals surface area contributed by atoms with Gasteiger partial charge in [0.2, 0.25) is 0 Å². The van der Waals surface area contributed by atoms with Crippen molar-refractivity contribution >= 4 is 26.7 Å². The van der Waals surface area contributed by atoms with Crippen LogP contribution in [0.5, 0.6) is 5.75 Å². The molecule has 2 aromatic rings. The number of hydrogen-bond donors (Lipinski definition) is 1. The maximum Gasteiger partial charge on any atom is 0.186 e. The zero-order chi connectivity index (χ0) is 12.5. The van der Waals surface area contributed by atoms with Crippen molar-refractivity contribution in [2.75, 3.05) is 37.6 Å². The van der Waals surface area contributed by atoms with Gasteiger partial charge in [-0.2, -0.15) is 0 Å². The Morgan fingerprint density at radius 1 is 1.28 bits per heavy atom. The van der Waals surface area contributed by atoms with E-state index in [9.17, 15) is 5.11 Å². The highest BCUT2D eigenvalue weighted by Gasteiger charge is 2.18. The fourth-order valence-electron chi connectivity index (χ4n) is 2.29. The highest BCUT2D eigenvalue weighted by atomic mass is 32.1. The predicted molar refractivity (Wildman–Crippen MR) is 75.6 cm³/mol. The van der Waals surface area contributed by atoms with Crippen LogP contribution in [0, 0.1) is 0 Å². The van der Waals surface area contributed by atoms with Crippen LogP contribution in [0.4, 0.5) is 5.13 Å². The smallest absolute Gasteiger partial charge is 0.186 e. The molecule has 0 unspecified atom stereocenters. The number of hydrogen-bond acceptors (Lipinski definition) is 5. The fourth-order valence-corrected chi connectivity index (χ4v) is 3.34. The third-order valence-corrected chi connectivity index (χ3v) is 4.53. The standard InChI is InChI=1S/C13H17N3OS/c1-2-15-5-7-16(8-6-15)13-14-11-4-3-10(17)9-12(11)18-13/h3-4,9,17H,2,5-8H2,1H3. The summed E-state index contributed by atoms with van der Waals surface area (Å²) in [5.41, 5.74) is 0.978. The van der Waals surface area contributed by atoms with Crippen LogP contribution in [0.1, 0.15) is 6.92 Å². The van der Waals surface area contributed by atoms with Crippen LogP contribution < -0.4 is 4.90 Å². The largest absolute Gasteiger partial charge is 0.508 e. The molecule has 1 saturated heterocycles. The lowest BCUT2D eigenvalue weighted by Gasteiger charge is -2.33. The Morgan fingerprint density at radius 2 is 2.06 bits per heavy atom. The Hall–Kier alpha value is -1.33. The van der Waals surface area contributed by atoms with Crippen LogP contribution in [0.3, 0.4) is 0 Å². The van der Waals surface area contributed by atoms with E-state index in [0.717, 1.165) is 48.1 Å². The molecule has 0 aliphatic carbocycles. The molecule has 3 rings (SSSR count). The van der Waals surface area contributed by atoms with Crippen molar-refractivity contribution in [3.8, 4) is 5.75 Å². The molecule has 96 valence electrons. The van der Waals surface area contributed by atoms with Crippen LogP contribution in [0.2, 0.25) is 0 Å². The van der Waals surface area contributed by atoms with Crippen molar-refractivity contribution in [1.29, 1.82) is 0 Å². The van der Waals surface area contributed by atoms with Gasteiger partial charge >= 0.3 is 0 Å². The minimum absolute atomic E-state index is 0.313. The number of piperazine rings is 1. The quantitative estimate of drug-likeness (QED) is 0.901. The van der Waals surface area contributed by atoms with Gasteiger partial charge in [0.05, 0.1) is 10.2 Å². The highest BCUT2D eigenvalue weighted by Crippen LogP contribution is 2.31. The van der Waals surface area contributed by atoms with Gasteiger partial charge in [0.1, 0.15) is 5.75 Å². The molecule has 1 N–H and O–H groups in total. The number of aromatic nitrogens is 1. The van der Waals surface area contributed by atoms with Crippen LogP contribution in [0.15, 0.2) is 18.2 Å². The first-order valence-corrected chi connectivity index (χ1v) is 7.15. The number of thiazole rings is 1. The third kappa shape index (κ3) is 2.15. The second-order valence-corrected chi connectivity index (χ2v) is 5.58. The first-order chi connectivity index (χ1) is 8.76. The number of likely N-dealkylation sites (N-methyl/N-ethyl adjacent to an activating group) is 1. The van der Waals surface area contributed by atoms with Crippen molar-refractivity contribution in [2.45, 2.75) is 6.92 Å². The maximum absolute atomic E-state index is 9.48. The van der Waals surface area contributed by atoms with Gasteiger partial charge in [-0.1, -0.05) is 18.3 Å². The van der Waals surface area contributed by atoms with Gasteiger partial charge in [-0.15, -0.1) is 0 Å². The van der Waals surface area contributed by atoms with E-state index in [1.54, 1.807) is 23.5 Å². The molecule has 0 bridgehead atoms. The van der Waals surface area contributed by atoms with E-state index in [1.165, 1.54) is 0 Å². The summed E-state index contributed by atoms with van der Waals surface area (Å²) < 4.78 is 1.06. The van der Waals surface area contributed by atoms with Gasteiger partial charge in [-0.25, -0.2) is 4.98 Å². The van der Waals surface area contributed by atoms with E-state index >= 15 is 0 Å². The highest BCUT2D eigenvalue weighted by molar-refractivity contribution is 7.22. The molecule has 0 spiro atoms. The minimum Gasteiger partial charge on any atom is -0.508 e. The summed E-state index contributed by atoms with van der Waals surface area (Å²) >= 11 is 1.66. The first kappa shape index (κ1) is 11.7. The molecule has 18 heavy (non-hydrogen) atoms. The fraction of sp³-hybridized carbons (Fsp3) is 0.462. The second-order valence-electron chi connectivity index (χ2n) is 4.57. The molecule has 1 fully saturated rings. The van der Waals surface area contributed by atoms with E-state index in [2.05, 4.69) is 21.7 Å². The molecule has 1 aliphatic rings. The number of aromatic hydroxyl groups is 1. The normalized spacial score (nSPS) is 17.5. The van der Waals surface area contributed by atoms with Crippen LogP contribution in [-0.2, 0) is 0 Å². The average Bonchev–Trinajstić information content (AvgIpc) is 2.81. The topological polar surface area (TPSA) is 39.6 Å². The van der Waals surface area contributed by atoms with E-state index in [1.807, 2.05) is 6.07 Å². The van der Waals surface area contributed by atoms with Gasteiger partial charge in [0.15, 0.2) is 5.13 Å². The molecule has 0 radical (unpaired) electrons. The number of nitrogens with zero attached hydrogens (tertiary/aromatic N) is 3. The molecule has 4 nitrogen and oxygen atoms in total. The summed E-state index contributed by atoms with van der Waals surface area (Å²) in [6.07, 6.45) is 0. The number of phenolic OH excluding ortho intramolecular Hbond substituents is 1. The van der Waals surface area contributed by atoms with Gasteiger partial charge in [0, 0.05) is 26.2 Å². The van der Waals surface area contributed by atoms with Crippen molar-refractivity contribution in [3.63, 3.8) is 0 Å². The van der Waals surface area contributed by atoms with Gasteiger partial charge in [0.25, 0.3) is 0 Å². The van der Waals surface area contributed by atoms with Gasteiger partial charge in [-0.05, 0) is 24.7 Å². The van der Waals surface area contributed by atoms with Crippen molar-refractivity contribution < 1.29 is 5.11 Å². The summed E-state index contributed by atoms with van der Waals surface area (Å²) in [6.45, 7) is 7.63. The molecule has 0 saturated carbocycles. The Bertz CT molecular complexity index is 546. The van der Waals surface area contributed by atoms with Gasteiger partial charge < -0.3 is 14.9 Å². The number of anilines is 1. The third-order valence-electron chi connectivity index (χ3n) is 3.45. The molecular formula is C13H17N3OS. The lowest BCUT2D eigenvalue weighted by Crippen LogP contribution is -2.46. The summed E-state index contributed by atoms with van der Waals surface area (Å²) in [4.78, 5) is 9.44. The Labute approximate surface area is 110 Å². The molecule has 0 atom stereocenters. The van der Waals surface area contributed by atoms with Crippen molar-refractivity contribution in [3.05, 3.63) is 18.2 Å². The summed E-state index contributed by atoms with van der Waals surface area (Å²) in [5.74, 6) is 0.313. The van der Waals surface area contributed by atoms with Crippen molar-refractivity contribution in [1.82, 2.24) is 9.88 Å². The van der Waals surface area contributed by atoms with E-state index in [4.69, 9.17) is 0 Å². The van der Waals surface area contributed by atoms with Crippen LogP contribution in [-0.4, -0.2) is 47.7 Å². The zero-order valence-electron chi connectivity index (χ0n) is 10.5. The summed E-state index contributed by atoms with van der Waals surface area (Å²) in [6, 6.07) is 5.37. The molecule has 0 amide bonds. The lowest BCUT2D eigenvalue weighted by molar-refractivity contribution is 0.271. The number of phenols is 1. The zero-order valence-corrected chi connectivity index (χ0v) is 11.3. The average molecular weight is 263 g/mol. The minimum atomic E-state index is 0.313. The summed E-state index contributed by atoms with van der Waals surface area (Å²) in [7, 11) is 0. The Morgan fingerprint density at radius 3 is 2.78 bits per heavy atom. The summed E-state index contributed by atoms with van der Waals surface area (Å²) in [5, 5.41) is 10.6. The lowest BCUT2D eigenvalue weighted by atomic mass is 10.3. The van der Waals surface area contributed by atoms with E-state index < -0.39 is 0 Å². The molecular weight excluding hydrogens is 246 g/mol. The number of rotatable bonds is 2. The van der Waals surface area contributed by atoms with Crippen molar-refractivity contribution in [2.24, 2.45) is 0 Å². The maximum atomic E-state index is 9.48. The molecule has 1 aromatic carbocycles. The SMILES string of the molecule is CCN1CCN(c2nc3ccc(O)cc3s2)CC1. The Balaban J connectivity index is 1.82. The number of fused-ring (bicyclic) bond motifs is 1. The monoisotopic (exact) mass is 263 g/mol. The van der Waals surface area contributed by atoms with Crippen LogP contribution >= 0.6 is 11.3 Å². The predicted octanol–water partition coefficient (Wildman–Crippen LogP) is 2.14. The molecule has 5 heteroatoms. The van der Waals surface area contributed by atoms with E-state index in [-0.39, 0.29) is 0 Å². The van der Waals surface area contributed by atoms with Crippen LogP contribution in [0.25, 0.3) is 10.2 Å². The first-order valence-electron chi connectivity index (χ1n) is 6.33. The Kier molecular flexibility index (Phi) is 3.09. The van der Waals surface area contributed by atoms with Gasteiger partial charge in [-0.3, -0.25) is 0 Å². The molecule has 1 aromatic heterocycles. The molecule has 2 heterocycles. The number of benzene rings is 1. The molecule has 1 aliphatic heterocycles.